The fourth-order valence-electron chi connectivity index (χ4n) is 3.82. The molecule has 0 spiro atoms. The number of nitrogens with one attached hydrogen (secondary N) is 2. The Hall–Kier alpha value is -1.41. The van der Waals surface area contributed by atoms with Crippen molar-refractivity contribution in [1.82, 2.24) is 20.4 Å². The Bertz CT molecular complexity index is 637. The third kappa shape index (κ3) is 5.54. The van der Waals surface area contributed by atoms with Gasteiger partial charge in [0.1, 0.15) is 9.84 Å². The van der Waals surface area contributed by atoms with Crippen molar-refractivity contribution in [3.8, 4) is 0 Å². The van der Waals surface area contributed by atoms with Crippen molar-refractivity contribution < 1.29 is 13.2 Å². The van der Waals surface area contributed by atoms with E-state index in [0.717, 1.165) is 57.2 Å². The predicted molar refractivity (Wildman–Crippen MR) is 95.9 cm³/mol. The van der Waals surface area contributed by atoms with Crippen molar-refractivity contribution in [1.29, 1.82) is 0 Å². The Kier molecular flexibility index (Phi) is 6.11. The molecule has 0 unspecified atom stereocenters. The zero-order valence-corrected chi connectivity index (χ0v) is 15.4. The van der Waals surface area contributed by atoms with Gasteiger partial charge in [-0.2, -0.15) is 5.10 Å². The van der Waals surface area contributed by atoms with Crippen LogP contribution < -0.4 is 5.32 Å². The monoisotopic (exact) mass is 368 g/mol. The van der Waals surface area contributed by atoms with Gasteiger partial charge in [-0.05, 0) is 44.1 Å². The highest BCUT2D eigenvalue weighted by atomic mass is 32.2. The highest BCUT2D eigenvalue weighted by Crippen LogP contribution is 2.22. The van der Waals surface area contributed by atoms with Gasteiger partial charge in [-0.1, -0.05) is 0 Å². The van der Waals surface area contributed by atoms with E-state index >= 15 is 0 Å². The minimum absolute atomic E-state index is 0.130. The van der Waals surface area contributed by atoms with Crippen molar-refractivity contribution in [2.24, 2.45) is 0 Å². The summed E-state index contributed by atoms with van der Waals surface area (Å²) in [5.74, 6) is 0.779. The molecule has 3 rings (SSSR count). The van der Waals surface area contributed by atoms with Crippen molar-refractivity contribution in [2.45, 2.75) is 57.0 Å². The molecule has 2 aliphatic heterocycles. The van der Waals surface area contributed by atoms with Crippen LogP contribution in [0.3, 0.4) is 0 Å². The van der Waals surface area contributed by atoms with E-state index in [-0.39, 0.29) is 11.9 Å². The molecule has 2 fully saturated rings. The molecule has 0 radical (unpaired) electrons. The van der Waals surface area contributed by atoms with Crippen LogP contribution in [0.4, 0.5) is 0 Å². The molecule has 0 bridgehead atoms. The molecule has 3 heterocycles. The van der Waals surface area contributed by atoms with Crippen LogP contribution in [0, 0.1) is 0 Å². The minimum atomic E-state index is -2.80. The van der Waals surface area contributed by atoms with E-state index in [9.17, 15) is 13.2 Å². The molecule has 0 saturated carbocycles. The van der Waals surface area contributed by atoms with E-state index in [4.69, 9.17) is 0 Å². The number of rotatable bonds is 6. The third-order valence-electron chi connectivity index (χ3n) is 5.36. The quantitative estimate of drug-likeness (QED) is 0.778. The van der Waals surface area contributed by atoms with Crippen LogP contribution in [0.25, 0.3) is 0 Å². The second kappa shape index (κ2) is 8.31. The summed E-state index contributed by atoms with van der Waals surface area (Å²) in [6.07, 6.45) is 9.34. The van der Waals surface area contributed by atoms with Crippen molar-refractivity contribution in [3.05, 3.63) is 18.0 Å². The summed E-state index contributed by atoms with van der Waals surface area (Å²) >= 11 is 0. The first-order valence-corrected chi connectivity index (χ1v) is 11.1. The van der Waals surface area contributed by atoms with E-state index in [0.29, 0.717) is 24.0 Å². The maximum atomic E-state index is 12.1. The fourth-order valence-corrected chi connectivity index (χ4v) is 5.29. The lowest BCUT2D eigenvalue weighted by molar-refractivity contribution is -0.122. The fraction of sp³-hybridized carbons (Fsp3) is 0.765. The predicted octanol–water partition coefficient (Wildman–Crippen LogP) is 0.890. The number of aromatic nitrogens is 2. The summed E-state index contributed by atoms with van der Waals surface area (Å²) in [5, 5.41) is 9.83. The lowest BCUT2D eigenvalue weighted by Gasteiger charge is -2.39. The van der Waals surface area contributed by atoms with Crippen LogP contribution in [0.1, 0.15) is 44.1 Å². The number of aryl methyl sites for hydroxylation is 1. The van der Waals surface area contributed by atoms with Gasteiger partial charge in [0.05, 0.1) is 17.7 Å². The molecule has 1 amide bonds. The van der Waals surface area contributed by atoms with Gasteiger partial charge in [-0.3, -0.25) is 9.89 Å². The molecule has 1 aromatic heterocycles. The molecule has 7 nitrogen and oxygen atoms in total. The molecule has 2 N–H and O–H groups in total. The van der Waals surface area contributed by atoms with Crippen LogP contribution in [0.15, 0.2) is 12.4 Å². The number of nitrogens with zero attached hydrogens (tertiary/aromatic N) is 2. The molecular weight excluding hydrogens is 340 g/mol. The first-order valence-electron chi connectivity index (χ1n) is 9.23. The SMILES string of the molecule is O=C(CCCc1cn[nH]c1)NC1CCN(C2CCS(=O)(=O)CC2)CC1. The summed E-state index contributed by atoms with van der Waals surface area (Å²) in [6, 6.07) is 0.653. The number of aromatic amines is 1. The largest absolute Gasteiger partial charge is 0.353 e. The summed E-state index contributed by atoms with van der Waals surface area (Å²) in [7, 11) is -2.80. The zero-order valence-electron chi connectivity index (χ0n) is 14.6. The van der Waals surface area contributed by atoms with Crippen molar-refractivity contribution in [2.75, 3.05) is 24.6 Å². The van der Waals surface area contributed by atoms with Gasteiger partial charge in [0.15, 0.2) is 0 Å². The van der Waals surface area contributed by atoms with E-state index < -0.39 is 9.84 Å². The standard InChI is InChI=1S/C17H28N4O3S/c22-17(3-1-2-14-12-18-19-13-14)20-15-4-8-21(9-5-15)16-6-10-25(23,24)11-7-16/h12-13,15-16H,1-11H2,(H,18,19)(H,20,22). The van der Waals surface area contributed by atoms with Gasteiger partial charge in [0, 0.05) is 37.8 Å². The van der Waals surface area contributed by atoms with E-state index in [1.807, 2.05) is 6.20 Å². The molecule has 8 heteroatoms. The number of amides is 1. The number of piperidine rings is 1. The smallest absolute Gasteiger partial charge is 0.220 e. The van der Waals surface area contributed by atoms with Gasteiger partial charge in [0.25, 0.3) is 0 Å². The average molecular weight is 369 g/mol. The maximum absolute atomic E-state index is 12.1. The first kappa shape index (κ1) is 18.4. The highest BCUT2D eigenvalue weighted by Gasteiger charge is 2.30. The molecule has 140 valence electrons. The van der Waals surface area contributed by atoms with E-state index in [2.05, 4.69) is 20.4 Å². The molecule has 25 heavy (non-hydrogen) atoms. The number of hydrogen-bond donors (Lipinski definition) is 2. The highest BCUT2D eigenvalue weighted by molar-refractivity contribution is 7.91. The second-order valence-electron chi connectivity index (χ2n) is 7.22. The average Bonchev–Trinajstić information content (AvgIpc) is 3.09. The number of carbonyl (C=O) groups excluding carboxylic acids is 1. The maximum Gasteiger partial charge on any atom is 0.220 e. The molecule has 0 atom stereocenters. The number of hydrogen-bond acceptors (Lipinski definition) is 5. The second-order valence-corrected chi connectivity index (χ2v) is 9.52. The van der Waals surface area contributed by atoms with E-state index in [1.165, 1.54) is 0 Å². The van der Waals surface area contributed by atoms with Gasteiger partial charge >= 0.3 is 0 Å². The molecule has 0 aliphatic carbocycles. The Labute approximate surface area is 149 Å². The zero-order chi connectivity index (χ0) is 17.7. The van der Waals surface area contributed by atoms with Crippen LogP contribution in [0.2, 0.25) is 0 Å². The molecule has 2 saturated heterocycles. The Morgan fingerprint density at radius 3 is 2.60 bits per heavy atom. The Balaban J connectivity index is 1.33. The molecule has 2 aliphatic rings. The van der Waals surface area contributed by atoms with Gasteiger partial charge in [-0.25, -0.2) is 8.42 Å². The number of H-pyrrole nitrogens is 1. The molecular formula is C17H28N4O3S. The van der Waals surface area contributed by atoms with E-state index in [1.54, 1.807) is 6.20 Å². The Morgan fingerprint density at radius 1 is 1.24 bits per heavy atom. The third-order valence-corrected chi connectivity index (χ3v) is 7.07. The summed E-state index contributed by atoms with van der Waals surface area (Å²) in [6.45, 7) is 1.90. The molecule has 1 aromatic rings. The van der Waals surface area contributed by atoms with Crippen LogP contribution >= 0.6 is 0 Å². The van der Waals surface area contributed by atoms with Crippen LogP contribution in [0.5, 0.6) is 0 Å². The Morgan fingerprint density at radius 2 is 1.96 bits per heavy atom. The molecule has 0 aromatic carbocycles. The van der Waals surface area contributed by atoms with Gasteiger partial charge < -0.3 is 10.2 Å². The number of likely N-dealkylation sites (tertiary alicyclic amines) is 1. The van der Waals surface area contributed by atoms with Gasteiger partial charge in [-0.15, -0.1) is 0 Å². The van der Waals surface area contributed by atoms with Crippen molar-refractivity contribution in [3.63, 3.8) is 0 Å². The number of sulfone groups is 1. The van der Waals surface area contributed by atoms with Crippen LogP contribution in [-0.2, 0) is 21.1 Å². The summed E-state index contributed by atoms with van der Waals surface area (Å²) in [4.78, 5) is 14.5. The van der Waals surface area contributed by atoms with Gasteiger partial charge in [0.2, 0.25) is 5.91 Å². The normalized spacial score (nSPS) is 22.7. The lowest BCUT2D eigenvalue weighted by atomic mass is 10.0. The lowest BCUT2D eigenvalue weighted by Crippen LogP contribution is -2.49. The topological polar surface area (TPSA) is 95.2 Å². The number of carbonyl (C=O) groups is 1. The minimum Gasteiger partial charge on any atom is -0.353 e. The van der Waals surface area contributed by atoms with Crippen LogP contribution in [-0.4, -0.2) is 66.1 Å². The summed E-state index contributed by atoms with van der Waals surface area (Å²) < 4.78 is 23.1. The first-order chi connectivity index (χ1) is 12.0. The summed E-state index contributed by atoms with van der Waals surface area (Å²) in [5.41, 5.74) is 1.13. The van der Waals surface area contributed by atoms with Crippen molar-refractivity contribution >= 4 is 15.7 Å².